The summed E-state index contributed by atoms with van der Waals surface area (Å²) in [6, 6.07) is 27.4. The maximum Gasteiger partial charge on any atom is 0.347 e. The van der Waals surface area contributed by atoms with Gasteiger partial charge in [-0.15, -0.1) is 0 Å². The Labute approximate surface area is 232 Å². The van der Waals surface area contributed by atoms with Crippen molar-refractivity contribution in [1.29, 1.82) is 0 Å². The maximum absolute atomic E-state index is 13.3. The molecule has 39 heavy (non-hydrogen) atoms. The molecule has 5 aromatic rings. The summed E-state index contributed by atoms with van der Waals surface area (Å²) in [5, 5.41) is 0.592. The van der Waals surface area contributed by atoms with Crippen LogP contribution in [0.15, 0.2) is 106 Å². The van der Waals surface area contributed by atoms with Crippen LogP contribution >= 0.6 is 15.9 Å². The van der Waals surface area contributed by atoms with Crippen LogP contribution in [-0.4, -0.2) is 11.8 Å². The summed E-state index contributed by atoms with van der Waals surface area (Å²) in [4.78, 5) is 26.1. The van der Waals surface area contributed by atoms with Crippen molar-refractivity contribution in [2.45, 2.75) is 13.5 Å². The summed E-state index contributed by atoms with van der Waals surface area (Å²) in [5.41, 5.74) is 3.12. The van der Waals surface area contributed by atoms with Crippen molar-refractivity contribution in [3.63, 3.8) is 0 Å². The van der Waals surface area contributed by atoms with E-state index in [1.807, 2.05) is 54.6 Å². The van der Waals surface area contributed by atoms with E-state index in [0.717, 1.165) is 15.6 Å². The van der Waals surface area contributed by atoms with Crippen molar-refractivity contribution < 1.29 is 28.2 Å². The van der Waals surface area contributed by atoms with Gasteiger partial charge in [0.15, 0.2) is 5.76 Å². The number of rotatable bonds is 6. The molecule has 0 unspecified atom stereocenters. The molecule has 192 valence electrons. The second-order valence-corrected chi connectivity index (χ2v) is 9.92. The molecule has 1 aliphatic rings. The highest BCUT2D eigenvalue weighted by molar-refractivity contribution is 9.10. The van der Waals surface area contributed by atoms with Crippen molar-refractivity contribution in [2.75, 3.05) is 0 Å². The molecule has 0 bridgehead atoms. The van der Waals surface area contributed by atoms with E-state index in [1.54, 1.807) is 49.4 Å². The quantitative estimate of drug-likeness (QED) is 0.115. The third-order valence-electron chi connectivity index (χ3n) is 6.29. The Morgan fingerprint density at radius 1 is 0.923 bits per heavy atom. The molecular formula is C32H21BrO6. The van der Waals surface area contributed by atoms with E-state index in [0.29, 0.717) is 46.0 Å². The van der Waals surface area contributed by atoms with Gasteiger partial charge in [0.05, 0.1) is 5.56 Å². The average Bonchev–Trinajstić information content (AvgIpc) is 3.42. The summed E-state index contributed by atoms with van der Waals surface area (Å²) in [6.07, 6.45) is 1.68. The summed E-state index contributed by atoms with van der Waals surface area (Å²) >= 11 is 3.43. The van der Waals surface area contributed by atoms with Crippen LogP contribution in [0.1, 0.15) is 37.6 Å². The van der Waals surface area contributed by atoms with E-state index in [1.165, 1.54) is 0 Å². The summed E-state index contributed by atoms with van der Waals surface area (Å²) in [7, 11) is 0. The Kier molecular flexibility index (Phi) is 6.50. The van der Waals surface area contributed by atoms with Crippen LogP contribution in [0.25, 0.3) is 17.0 Å². The van der Waals surface area contributed by atoms with Gasteiger partial charge in [0.1, 0.15) is 40.8 Å². The minimum Gasteiger partial charge on any atom is -0.489 e. The molecule has 0 saturated heterocycles. The van der Waals surface area contributed by atoms with Gasteiger partial charge in [0, 0.05) is 15.9 Å². The number of esters is 1. The number of furan rings is 1. The lowest BCUT2D eigenvalue weighted by Gasteiger charge is -2.07. The fraction of sp³-hybridized carbons (Fsp3) is 0.0625. The van der Waals surface area contributed by atoms with Crippen LogP contribution in [0.2, 0.25) is 0 Å². The standard InChI is InChI=1S/C32H21BrO6/c1-19-30(26-16-23(11-13-27(26)37-19)36-18-20-6-3-2-4-7-20)32(35)38-24-10-12-25-28(17-24)39-29(31(25)34)15-21-8-5-9-22(33)14-21/h2-17H,18H2,1H3/b29-15-. The minimum absolute atomic E-state index is 0.200. The molecule has 6 nitrogen and oxygen atoms in total. The van der Waals surface area contributed by atoms with Crippen LogP contribution in [0.5, 0.6) is 17.2 Å². The average molecular weight is 581 g/mol. The van der Waals surface area contributed by atoms with Gasteiger partial charge in [-0.05, 0) is 66.6 Å². The Morgan fingerprint density at radius 3 is 2.56 bits per heavy atom. The second kappa shape index (κ2) is 10.3. The van der Waals surface area contributed by atoms with E-state index >= 15 is 0 Å². The predicted molar refractivity (Wildman–Crippen MR) is 150 cm³/mol. The number of hydrogen-bond acceptors (Lipinski definition) is 6. The Hall–Kier alpha value is -4.62. The molecule has 1 aliphatic heterocycles. The second-order valence-electron chi connectivity index (χ2n) is 9.01. The molecule has 0 amide bonds. The van der Waals surface area contributed by atoms with Gasteiger partial charge in [0.2, 0.25) is 5.78 Å². The normalized spacial score (nSPS) is 13.4. The van der Waals surface area contributed by atoms with Crippen LogP contribution in [0.3, 0.4) is 0 Å². The number of carbonyl (C=O) groups is 2. The largest absolute Gasteiger partial charge is 0.489 e. The van der Waals surface area contributed by atoms with Gasteiger partial charge in [-0.3, -0.25) is 4.79 Å². The zero-order valence-electron chi connectivity index (χ0n) is 20.8. The van der Waals surface area contributed by atoms with E-state index in [9.17, 15) is 9.59 Å². The number of carbonyl (C=O) groups excluding carboxylic acids is 2. The number of halogens is 1. The fourth-order valence-corrected chi connectivity index (χ4v) is 4.84. The van der Waals surface area contributed by atoms with Crippen LogP contribution in [0, 0.1) is 6.92 Å². The van der Waals surface area contributed by atoms with Crippen molar-refractivity contribution in [3.8, 4) is 17.2 Å². The Balaban J connectivity index is 1.22. The molecule has 0 atom stereocenters. The molecule has 1 aromatic heterocycles. The number of fused-ring (bicyclic) bond motifs is 2. The van der Waals surface area contributed by atoms with Gasteiger partial charge >= 0.3 is 5.97 Å². The molecule has 0 N–H and O–H groups in total. The van der Waals surface area contributed by atoms with E-state index in [4.69, 9.17) is 18.6 Å². The van der Waals surface area contributed by atoms with E-state index in [-0.39, 0.29) is 17.3 Å². The first-order valence-corrected chi connectivity index (χ1v) is 13.0. The molecule has 2 heterocycles. The number of benzene rings is 4. The number of aryl methyl sites for hydroxylation is 1. The molecule has 0 fully saturated rings. The van der Waals surface area contributed by atoms with E-state index < -0.39 is 5.97 Å². The van der Waals surface area contributed by atoms with Crippen LogP contribution < -0.4 is 14.2 Å². The van der Waals surface area contributed by atoms with Crippen molar-refractivity contribution in [1.82, 2.24) is 0 Å². The number of hydrogen-bond donors (Lipinski definition) is 0. The molecule has 0 aliphatic carbocycles. The smallest absolute Gasteiger partial charge is 0.347 e. The molecule has 0 spiro atoms. The summed E-state index contributed by atoms with van der Waals surface area (Å²) in [6.45, 7) is 2.11. The molecule has 4 aromatic carbocycles. The first kappa shape index (κ1) is 24.7. The number of ketones is 1. The van der Waals surface area contributed by atoms with Gasteiger partial charge in [-0.1, -0.05) is 58.4 Å². The first-order valence-electron chi connectivity index (χ1n) is 12.2. The third kappa shape index (κ3) is 5.09. The third-order valence-corrected chi connectivity index (χ3v) is 6.78. The maximum atomic E-state index is 13.3. The lowest BCUT2D eigenvalue weighted by molar-refractivity contribution is 0.0734. The van der Waals surface area contributed by atoms with Crippen molar-refractivity contribution in [3.05, 3.63) is 129 Å². The monoisotopic (exact) mass is 580 g/mol. The number of allylic oxidation sites excluding steroid dienone is 1. The van der Waals surface area contributed by atoms with Gasteiger partial charge in [-0.2, -0.15) is 0 Å². The number of Topliss-reactive ketones (excluding diaryl/α,β-unsaturated/α-hetero) is 1. The zero-order chi connectivity index (χ0) is 26.9. The highest BCUT2D eigenvalue weighted by Gasteiger charge is 2.29. The topological polar surface area (TPSA) is 75.0 Å². The lowest BCUT2D eigenvalue weighted by atomic mass is 10.1. The SMILES string of the molecule is Cc1oc2ccc(OCc3ccccc3)cc2c1C(=O)Oc1ccc2c(c1)O/C(=C\c1cccc(Br)c1)C2=O. The van der Waals surface area contributed by atoms with E-state index in [2.05, 4.69) is 15.9 Å². The fourth-order valence-electron chi connectivity index (χ4n) is 4.42. The summed E-state index contributed by atoms with van der Waals surface area (Å²) in [5.74, 6) is 1.00. The van der Waals surface area contributed by atoms with Crippen LogP contribution in [-0.2, 0) is 6.61 Å². The molecule has 6 rings (SSSR count). The Morgan fingerprint density at radius 2 is 1.74 bits per heavy atom. The summed E-state index contributed by atoms with van der Waals surface area (Å²) < 4.78 is 24.1. The first-order chi connectivity index (χ1) is 18.9. The molecule has 7 heteroatoms. The molecule has 0 saturated carbocycles. The van der Waals surface area contributed by atoms with Gasteiger partial charge in [-0.25, -0.2) is 4.79 Å². The predicted octanol–water partition coefficient (Wildman–Crippen LogP) is 7.92. The van der Waals surface area contributed by atoms with Crippen LogP contribution in [0.4, 0.5) is 0 Å². The highest BCUT2D eigenvalue weighted by atomic mass is 79.9. The molecular weight excluding hydrogens is 560 g/mol. The highest BCUT2D eigenvalue weighted by Crippen LogP contribution is 2.36. The van der Waals surface area contributed by atoms with Crippen molar-refractivity contribution >= 4 is 44.7 Å². The van der Waals surface area contributed by atoms with Crippen molar-refractivity contribution in [2.24, 2.45) is 0 Å². The van der Waals surface area contributed by atoms with Gasteiger partial charge < -0.3 is 18.6 Å². The number of ether oxygens (including phenoxy) is 3. The lowest BCUT2D eigenvalue weighted by Crippen LogP contribution is -2.09. The zero-order valence-corrected chi connectivity index (χ0v) is 22.4. The van der Waals surface area contributed by atoms with Gasteiger partial charge in [0.25, 0.3) is 0 Å². The molecule has 0 radical (unpaired) electrons. The minimum atomic E-state index is -0.583. The Bertz CT molecular complexity index is 1770.